The van der Waals surface area contributed by atoms with Gasteiger partial charge in [-0.15, -0.1) is 0 Å². The number of benzene rings is 2. The Bertz CT molecular complexity index is 869. The van der Waals surface area contributed by atoms with Gasteiger partial charge in [-0.2, -0.15) is 5.26 Å². The predicted molar refractivity (Wildman–Crippen MR) is 141 cm³/mol. The van der Waals surface area contributed by atoms with Crippen LogP contribution in [-0.4, -0.2) is 37.9 Å². The summed E-state index contributed by atoms with van der Waals surface area (Å²) in [5.41, 5.74) is 0.0385. The Morgan fingerprint density at radius 3 is 1.91 bits per heavy atom. The molecule has 1 aliphatic heterocycles. The molecule has 0 aliphatic carbocycles. The van der Waals surface area contributed by atoms with Gasteiger partial charge >= 0.3 is 0 Å². The lowest BCUT2D eigenvalue weighted by Crippen LogP contribution is -2.67. The number of nitriles is 1. The molecule has 1 heterocycles. The van der Waals surface area contributed by atoms with E-state index in [1.165, 1.54) is 10.4 Å². The maximum Gasteiger partial charge on any atom is 0.261 e. The van der Waals surface area contributed by atoms with Crippen molar-refractivity contribution in [1.29, 1.82) is 5.26 Å². The van der Waals surface area contributed by atoms with Crippen LogP contribution in [0.15, 0.2) is 60.7 Å². The summed E-state index contributed by atoms with van der Waals surface area (Å²) in [5.74, 6) is 0.0999. The molecule has 1 fully saturated rings. The summed E-state index contributed by atoms with van der Waals surface area (Å²) in [5, 5.41) is 12.4. The van der Waals surface area contributed by atoms with Gasteiger partial charge in [0.25, 0.3) is 8.32 Å². The van der Waals surface area contributed by atoms with E-state index < -0.39 is 8.32 Å². The van der Waals surface area contributed by atoms with E-state index in [-0.39, 0.29) is 22.5 Å². The van der Waals surface area contributed by atoms with Crippen molar-refractivity contribution >= 4 is 18.7 Å². The van der Waals surface area contributed by atoms with Crippen LogP contribution in [0.1, 0.15) is 67.2 Å². The SMILES string of the molecule is CC(C)(C)N1CCCC[C@H](C#N)C[C@H]1CO[Si](c1ccccc1)(c1ccccc1)C(C)(C)C. The Kier molecular flexibility index (Phi) is 8.21. The van der Waals surface area contributed by atoms with Crippen molar-refractivity contribution < 1.29 is 4.43 Å². The van der Waals surface area contributed by atoms with Gasteiger partial charge in [0, 0.05) is 17.5 Å². The normalized spacial score (nSPS) is 21.1. The molecule has 0 spiro atoms. The summed E-state index contributed by atoms with van der Waals surface area (Å²) in [6.45, 7) is 15.6. The van der Waals surface area contributed by atoms with Crippen molar-refractivity contribution in [1.82, 2.24) is 4.90 Å². The van der Waals surface area contributed by atoms with Crippen molar-refractivity contribution in [2.75, 3.05) is 13.2 Å². The molecule has 178 valence electrons. The molecule has 2 aromatic rings. The second-order valence-corrected chi connectivity index (χ2v) is 15.9. The van der Waals surface area contributed by atoms with Crippen LogP contribution in [0.5, 0.6) is 0 Å². The minimum atomic E-state index is -2.59. The van der Waals surface area contributed by atoms with E-state index in [0.717, 1.165) is 32.2 Å². The van der Waals surface area contributed by atoms with E-state index >= 15 is 0 Å². The minimum absolute atomic E-state index is 0.0385. The maximum absolute atomic E-state index is 9.83. The Balaban J connectivity index is 2.06. The molecule has 1 saturated heterocycles. The molecule has 3 nitrogen and oxygen atoms in total. The monoisotopic (exact) mass is 462 g/mol. The minimum Gasteiger partial charge on any atom is -0.406 e. The highest BCUT2D eigenvalue weighted by Crippen LogP contribution is 2.38. The van der Waals surface area contributed by atoms with Crippen LogP contribution in [0.25, 0.3) is 0 Å². The number of nitrogens with zero attached hydrogens (tertiary/aromatic N) is 2. The van der Waals surface area contributed by atoms with Crippen LogP contribution >= 0.6 is 0 Å². The largest absolute Gasteiger partial charge is 0.406 e. The fourth-order valence-electron chi connectivity index (χ4n) is 5.57. The first-order valence-corrected chi connectivity index (χ1v) is 14.4. The Hall–Kier alpha value is -1.93. The lowest BCUT2D eigenvalue weighted by molar-refractivity contribution is 0.0315. The van der Waals surface area contributed by atoms with Gasteiger partial charge in [-0.3, -0.25) is 4.90 Å². The molecule has 0 amide bonds. The molecule has 0 saturated carbocycles. The van der Waals surface area contributed by atoms with Crippen molar-refractivity contribution in [2.24, 2.45) is 5.92 Å². The molecule has 33 heavy (non-hydrogen) atoms. The second-order valence-electron chi connectivity index (χ2n) is 11.5. The summed E-state index contributed by atoms with van der Waals surface area (Å²) in [7, 11) is -2.59. The molecular weight excluding hydrogens is 420 g/mol. The van der Waals surface area contributed by atoms with E-state index in [2.05, 4.69) is 113 Å². The van der Waals surface area contributed by atoms with Crippen LogP contribution in [-0.2, 0) is 4.43 Å². The van der Waals surface area contributed by atoms with Gasteiger partial charge in [0.1, 0.15) is 0 Å². The molecule has 0 N–H and O–H groups in total. The van der Waals surface area contributed by atoms with E-state index in [4.69, 9.17) is 4.43 Å². The standard InChI is InChI=1S/C29H42N2OSi/c1-28(2,3)31-20-14-13-15-24(22-30)21-25(31)23-32-33(29(4,5)6,26-16-9-7-10-17-26)27-18-11-8-12-19-27/h7-12,16-19,24-25H,13-15,20-21,23H2,1-6H3/t24-,25-/m0/s1. The third-order valence-corrected chi connectivity index (χ3v) is 12.2. The summed E-state index contributed by atoms with van der Waals surface area (Å²) >= 11 is 0. The van der Waals surface area contributed by atoms with E-state index in [0.29, 0.717) is 6.61 Å². The van der Waals surface area contributed by atoms with Crippen molar-refractivity contribution in [3.63, 3.8) is 0 Å². The second kappa shape index (κ2) is 10.6. The van der Waals surface area contributed by atoms with Crippen molar-refractivity contribution in [3.8, 4) is 6.07 Å². The van der Waals surface area contributed by atoms with E-state index in [9.17, 15) is 5.26 Å². The highest BCUT2D eigenvalue weighted by molar-refractivity contribution is 6.99. The first kappa shape index (κ1) is 25.7. The molecule has 0 unspecified atom stereocenters. The third kappa shape index (κ3) is 5.77. The quantitative estimate of drug-likeness (QED) is 0.531. The lowest BCUT2D eigenvalue weighted by atomic mass is 9.90. The molecule has 1 aliphatic rings. The fraction of sp³-hybridized carbons (Fsp3) is 0.552. The predicted octanol–water partition coefficient (Wildman–Crippen LogP) is 5.75. The molecule has 0 aromatic heterocycles. The highest BCUT2D eigenvalue weighted by atomic mass is 28.4. The molecule has 3 rings (SSSR count). The van der Waals surface area contributed by atoms with Crippen LogP contribution in [0.4, 0.5) is 0 Å². The first-order chi connectivity index (χ1) is 15.6. The number of hydrogen-bond donors (Lipinski definition) is 0. The van der Waals surface area contributed by atoms with Gasteiger partial charge in [-0.05, 0) is 62.0 Å². The van der Waals surface area contributed by atoms with Gasteiger partial charge in [0.15, 0.2) is 0 Å². The summed E-state index contributed by atoms with van der Waals surface area (Å²) < 4.78 is 7.31. The maximum atomic E-state index is 9.83. The third-order valence-electron chi connectivity index (χ3n) is 7.15. The zero-order chi connectivity index (χ0) is 24.1. The molecule has 0 radical (unpaired) electrons. The summed E-state index contributed by atoms with van der Waals surface area (Å²) in [6.07, 6.45) is 4.16. The van der Waals surface area contributed by atoms with Crippen LogP contribution in [0.3, 0.4) is 0 Å². The van der Waals surface area contributed by atoms with Crippen LogP contribution in [0.2, 0.25) is 5.04 Å². The Morgan fingerprint density at radius 2 is 1.45 bits per heavy atom. The zero-order valence-electron chi connectivity index (χ0n) is 21.5. The number of rotatable bonds is 5. The van der Waals surface area contributed by atoms with Gasteiger partial charge in [0.2, 0.25) is 0 Å². The van der Waals surface area contributed by atoms with Gasteiger partial charge in [0.05, 0.1) is 12.7 Å². The summed E-state index contributed by atoms with van der Waals surface area (Å²) in [6, 6.07) is 24.6. The van der Waals surface area contributed by atoms with Crippen molar-refractivity contribution in [3.05, 3.63) is 60.7 Å². The molecule has 4 heteroatoms. The van der Waals surface area contributed by atoms with Crippen molar-refractivity contribution in [2.45, 2.75) is 83.8 Å². The lowest BCUT2D eigenvalue weighted by Gasteiger charge is -2.47. The number of hydrogen-bond acceptors (Lipinski definition) is 3. The molecular formula is C29H42N2OSi. The van der Waals surface area contributed by atoms with Crippen LogP contribution in [0, 0.1) is 17.2 Å². The Labute approximate surface area is 202 Å². The first-order valence-electron chi connectivity index (χ1n) is 12.5. The average molecular weight is 463 g/mol. The van der Waals surface area contributed by atoms with E-state index in [1.807, 2.05) is 0 Å². The average Bonchev–Trinajstić information content (AvgIpc) is 2.75. The van der Waals surface area contributed by atoms with E-state index in [1.54, 1.807) is 0 Å². The zero-order valence-corrected chi connectivity index (χ0v) is 22.5. The Morgan fingerprint density at radius 1 is 0.909 bits per heavy atom. The molecule has 2 aromatic carbocycles. The topological polar surface area (TPSA) is 36.3 Å². The fourth-order valence-corrected chi connectivity index (χ4v) is 10.2. The highest BCUT2D eigenvalue weighted by Gasteiger charge is 2.50. The van der Waals surface area contributed by atoms with Gasteiger partial charge < -0.3 is 4.43 Å². The summed E-state index contributed by atoms with van der Waals surface area (Å²) in [4.78, 5) is 2.61. The van der Waals surface area contributed by atoms with Crippen LogP contribution < -0.4 is 10.4 Å². The molecule has 0 bridgehead atoms. The molecule has 2 atom stereocenters. The smallest absolute Gasteiger partial charge is 0.261 e. The van der Waals surface area contributed by atoms with Gasteiger partial charge in [-0.1, -0.05) is 87.9 Å². The van der Waals surface area contributed by atoms with Gasteiger partial charge in [-0.25, -0.2) is 0 Å². The number of likely N-dealkylation sites (tertiary alicyclic amines) is 1.